The van der Waals surface area contributed by atoms with Crippen molar-refractivity contribution in [3.8, 4) is 11.1 Å². The van der Waals surface area contributed by atoms with E-state index in [1.807, 2.05) is 0 Å². The molecule has 0 heterocycles. The lowest BCUT2D eigenvalue weighted by Gasteiger charge is -2.57. The Morgan fingerprint density at radius 3 is 1.47 bits per heavy atom. The Morgan fingerprint density at radius 2 is 0.863 bits per heavy atom. The van der Waals surface area contributed by atoms with Crippen molar-refractivity contribution in [3.63, 3.8) is 0 Å². The number of rotatable bonds is 7. The van der Waals surface area contributed by atoms with E-state index in [1.165, 1.54) is 77.8 Å². The van der Waals surface area contributed by atoms with Crippen molar-refractivity contribution < 1.29 is 0 Å². The summed E-state index contributed by atoms with van der Waals surface area (Å²) in [4.78, 5) is 4.85. The molecule has 252 valence electrons. The summed E-state index contributed by atoms with van der Waals surface area (Å²) in [6.45, 7) is 4.72. The second-order valence-electron chi connectivity index (χ2n) is 16.5. The van der Waals surface area contributed by atoms with E-state index < -0.39 is 0 Å². The molecule has 0 aromatic heterocycles. The van der Waals surface area contributed by atoms with Gasteiger partial charge in [0.25, 0.3) is 0 Å². The van der Waals surface area contributed by atoms with E-state index in [0.717, 1.165) is 34.8 Å². The molecule has 0 amide bonds. The third-order valence-electron chi connectivity index (χ3n) is 13.0. The number of fused-ring (bicyclic) bond motifs is 3. The van der Waals surface area contributed by atoms with Crippen molar-refractivity contribution in [3.05, 3.63) is 168 Å². The van der Waals surface area contributed by atoms with Crippen LogP contribution in [0.2, 0.25) is 0 Å². The minimum absolute atomic E-state index is 0.0708. The molecule has 2 nitrogen and oxygen atoms in total. The zero-order chi connectivity index (χ0) is 34.2. The van der Waals surface area contributed by atoms with Crippen molar-refractivity contribution >= 4 is 34.1 Å². The number of anilines is 6. The SMILES string of the molecule is CC1(C)c2ccccc2-c2ccc(N(c3ccccc3)c3cccc(N(c4ccccc4)c4ccc(C56CC7CC(CC(C7)C5)C6)cc4)c3)cc21. The Bertz CT molecular complexity index is 2180. The highest BCUT2D eigenvalue weighted by molar-refractivity contribution is 5.87. The predicted molar refractivity (Wildman–Crippen MR) is 213 cm³/mol. The Balaban J connectivity index is 1.06. The topological polar surface area (TPSA) is 6.48 Å². The molecule has 0 aliphatic heterocycles. The van der Waals surface area contributed by atoms with E-state index in [-0.39, 0.29) is 5.41 Å². The number of hydrogen-bond acceptors (Lipinski definition) is 2. The first-order valence-electron chi connectivity index (χ1n) is 19.1. The predicted octanol–water partition coefficient (Wildman–Crippen LogP) is 13.4. The van der Waals surface area contributed by atoms with Gasteiger partial charge in [-0.25, -0.2) is 0 Å². The molecule has 4 bridgehead atoms. The summed E-state index contributed by atoms with van der Waals surface area (Å²) >= 11 is 0. The molecule has 51 heavy (non-hydrogen) atoms. The van der Waals surface area contributed by atoms with Crippen molar-refractivity contribution in [2.24, 2.45) is 17.8 Å². The fraction of sp³-hybridized carbons (Fsp3) is 0.265. The van der Waals surface area contributed by atoms with Gasteiger partial charge in [0.2, 0.25) is 0 Å². The maximum absolute atomic E-state index is 2.48. The fourth-order valence-corrected chi connectivity index (χ4v) is 11.1. The summed E-state index contributed by atoms with van der Waals surface area (Å²) in [7, 11) is 0. The van der Waals surface area contributed by atoms with Crippen LogP contribution < -0.4 is 9.80 Å². The van der Waals surface area contributed by atoms with Crippen LogP contribution in [-0.2, 0) is 10.8 Å². The monoisotopic (exact) mass is 662 g/mol. The first-order valence-corrected chi connectivity index (χ1v) is 19.1. The van der Waals surface area contributed by atoms with Crippen LogP contribution in [0.25, 0.3) is 11.1 Å². The summed E-state index contributed by atoms with van der Waals surface area (Å²) < 4.78 is 0. The third-order valence-corrected chi connectivity index (χ3v) is 13.0. The summed E-state index contributed by atoms with van der Waals surface area (Å²) in [5, 5.41) is 0. The number of para-hydroxylation sites is 2. The Labute approximate surface area is 303 Å². The standard InChI is InChI=1S/C49H46N2/c1-48(2)46-19-10-9-18-44(46)45-25-24-43(30-47(45)48)51(39-14-7-4-8-15-39)42-17-11-16-41(29-42)50(38-12-5-3-6-13-38)40-22-20-37(21-23-40)49-31-34-26-35(32-49)28-36(27-34)33-49/h3-25,29-30,34-36H,26-28,31-33H2,1-2H3. The smallest absolute Gasteiger partial charge is 0.0482 e. The van der Waals surface area contributed by atoms with Crippen LogP contribution in [0.5, 0.6) is 0 Å². The minimum Gasteiger partial charge on any atom is -0.310 e. The maximum atomic E-state index is 2.48. The lowest BCUT2D eigenvalue weighted by atomic mass is 9.48. The lowest BCUT2D eigenvalue weighted by molar-refractivity contribution is -0.00518. The number of hydrogen-bond donors (Lipinski definition) is 0. The van der Waals surface area contributed by atoms with Gasteiger partial charge in [0.05, 0.1) is 0 Å². The third kappa shape index (κ3) is 5.06. The van der Waals surface area contributed by atoms with E-state index in [9.17, 15) is 0 Å². The normalized spacial score (nSPS) is 23.5. The van der Waals surface area contributed by atoms with Crippen molar-refractivity contribution in [1.29, 1.82) is 0 Å². The largest absolute Gasteiger partial charge is 0.310 e. The van der Waals surface area contributed by atoms with Gasteiger partial charge >= 0.3 is 0 Å². The molecule has 0 atom stereocenters. The molecule has 2 heteroatoms. The van der Waals surface area contributed by atoms with Crippen LogP contribution in [0.15, 0.2) is 152 Å². The van der Waals surface area contributed by atoms with Crippen LogP contribution in [0.4, 0.5) is 34.1 Å². The van der Waals surface area contributed by atoms with E-state index >= 15 is 0 Å². The number of benzene rings is 6. The summed E-state index contributed by atoms with van der Waals surface area (Å²) in [5.41, 5.74) is 14.3. The molecular weight excluding hydrogens is 617 g/mol. The van der Waals surface area contributed by atoms with Crippen LogP contribution in [0.3, 0.4) is 0 Å². The van der Waals surface area contributed by atoms with Gasteiger partial charge in [-0.1, -0.05) is 98.8 Å². The molecule has 11 rings (SSSR count). The van der Waals surface area contributed by atoms with Gasteiger partial charge < -0.3 is 9.80 Å². The summed E-state index contributed by atoms with van der Waals surface area (Å²) in [6, 6.07) is 56.5. The van der Waals surface area contributed by atoms with E-state index in [2.05, 4.69) is 175 Å². The van der Waals surface area contributed by atoms with Gasteiger partial charge in [-0.05, 0) is 156 Å². The second kappa shape index (κ2) is 11.7. The van der Waals surface area contributed by atoms with Gasteiger partial charge in [0.15, 0.2) is 0 Å². The average molecular weight is 663 g/mol. The molecule has 0 radical (unpaired) electrons. The van der Waals surface area contributed by atoms with Gasteiger partial charge in [0, 0.05) is 39.5 Å². The molecular formula is C49H46N2. The van der Waals surface area contributed by atoms with Crippen molar-refractivity contribution in [1.82, 2.24) is 0 Å². The molecule has 6 aromatic carbocycles. The van der Waals surface area contributed by atoms with Crippen molar-refractivity contribution in [2.75, 3.05) is 9.80 Å². The molecule has 0 saturated heterocycles. The fourth-order valence-electron chi connectivity index (χ4n) is 11.1. The van der Waals surface area contributed by atoms with Gasteiger partial charge in [-0.15, -0.1) is 0 Å². The Morgan fingerprint density at radius 1 is 0.412 bits per heavy atom. The van der Waals surface area contributed by atoms with Crippen LogP contribution in [0, 0.1) is 17.8 Å². The average Bonchev–Trinajstić information content (AvgIpc) is 3.38. The van der Waals surface area contributed by atoms with Crippen molar-refractivity contribution in [2.45, 2.75) is 63.2 Å². The number of nitrogens with zero attached hydrogens (tertiary/aromatic N) is 2. The van der Waals surface area contributed by atoms with E-state index in [0.29, 0.717) is 5.41 Å². The minimum atomic E-state index is -0.0708. The summed E-state index contributed by atoms with van der Waals surface area (Å²) in [5.74, 6) is 2.83. The zero-order valence-corrected chi connectivity index (χ0v) is 29.8. The van der Waals surface area contributed by atoms with Crippen LogP contribution in [-0.4, -0.2) is 0 Å². The quantitative estimate of drug-likeness (QED) is 0.168. The first kappa shape index (κ1) is 30.7. The van der Waals surface area contributed by atoms with Crippen LogP contribution >= 0.6 is 0 Å². The van der Waals surface area contributed by atoms with Gasteiger partial charge in [-0.2, -0.15) is 0 Å². The second-order valence-corrected chi connectivity index (χ2v) is 16.5. The van der Waals surface area contributed by atoms with E-state index in [1.54, 1.807) is 5.56 Å². The molecule has 0 N–H and O–H groups in total. The molecule has 6 aromatic rings. The highest BCUT2D eigenvalue weighted by atomic mass is 15.2. The molecule has 0 unspecified atom stereocenters. The van der Waals surface area contributed by atoms with Gasteiger partial charge in [-0.3, -0.25) is 0 Å². The van der Waals surface area contributed by atoms with Gasteiger partial charge in [0.1, 0.15) is 0 Å². The van der Waals surface area contributed by atoms with E-state index in [4.69, 9.17) is 0 Å². The molecule has 4 fully saturated rings. The highest BCUT2D eigenvalue weighted by Gasteiger charge is 2.51. The molecule has 5 aliphatic rings. The molecule has 4 saturated carbocycles. The summed E-state index contributed by atoms with van der Waals surface area (Å²) in [6.07, 6.45) is 8.61. The maximum Gasteiger partial charge on any atom is 0.0482 e. The van der Waals surface area contributed by atoms with Crippen LogP contribution in [0.1, 0.15) is 69.1 Å². The Hall–Kier alpha value is -5.08. The highest BCUT2D eigenvalue weighted by Crippen LogP contribution is 2.61. The molecule has 0 spiro atoms. The lowest BCUT2D eigenvalue weighted by Crippen LogP contribution is -2.48. The molecule has 5 aliphatic carbocycles. The zero-order valence-electron chi connectivity index (χ0n) is 29.8. The first-order chi connectivity index (χ1) is 24.9. The Kier molecular flexibility index (Phi) is 7.07.